The number of rotatable bonds is 5. The summed E-state index contributed by atoms with van der Waals surface area (Å²) in [7, 11) is 0. The van der Waals surface area contributed by atoms with Crippen LogP contribution in [-0.2, 0) is 13.1 Å². The second-order valence-electron chi connectivity index (χ2n) is 5.97. The van der Waals surface area contributed by atoms with E-state index in [1.54, 1.807) is 0 Å². The number of imidazole rings is 1. The van der Waals surface area contributed by atoms with E-state index >= 15 is 0 Å². The molecule has 1 aliphatic carbocycles. The highest BCUT2D eigenvalue weighted by molar-refractivity contribution is 5.64. The van der Waals surface area contributed by atoms with Crippen molar-refractivity contribution in [2.45, 2.75) is 65.6 Å². The van der Waals surface area contributed by atoms with Gasteiger partial charge in [-0.2, -0.15) is 5.10 Å². The molecule has 0 amide bonds. The maximum atomic E-state index is 4.58. The van der Waals surface area contributed by atoms with Crippen LogP contribution < -0.4 is 5.32 Å². The molecule has 0 radical (unpaired) electrons. The predicted octanol–water partition coefficient (Wildman–Crippen LogP) is 2.94. The summed E-state index contributed by atoms with van der Waals surface area (Å²) >= 11 is 0. The lowest BCUT2D eigenvalue weighted by atomic mass is 10.1. The Kier molecular flexibility index (Phi) is 4.10. The average Bonchev–Trinajstić information content (AvgIpc) is 3.17. The van der Waals surface area contributed by atoms with Crippen LogP contribution in [0.4, 0.5) is 0 Å². The van der Waals surface area contributed by atoms with E-state index in [1.165, 1.54) is 36.9 Å². The molecule has 0 unspecified atom stereocenters. The second-order valence-corrected chi connectivity index (χ2v) is 5.97. The van der Waals surface area contributed by atoms with Crippen LogP contribution in [-0.4, -0.2) is 25.8 Å². The molecule has 5 heteroatoms. The Morgan fingerprint density at radius 1 is 1.33 bits per heavy atom. The number of H-pyrrole nitrogens is 1. The number of nitrogens with zero attached hydrogens (tertiary/aromatic N) is 3. The molecule has 1 fully saturated rings. The van der Waals surface area contributed by atoms with Crippen LogP contribution in [0.2, 0.25) is 0 Å². The van der Waals surface area contributed by atoms with Crippen molar-refractivity contribution in [3.05, 3.63) is 23.4 Å². The molecular weight excluding hydrogens is 262 g/mol. The molecule has 2 N–H and O–H groups in total. The van der Waals surface area contributed by atoms with E-state index in [0.29, 0.717) is 6.04 Å². The van der Waals surface area contributed by atoms with Crippen molar-refractivity contribution in [3.8, 4) is 11.3 Å². The highest BCUT2D eigenvalue weighted by Crippen LogP contribution is 2.25. The first-order chi connectivity index (χ1) is 10.2. The van der Waals surface area contributed by atoms with Gasteiger partial charge in [-0.25, -0.2) is 4.98 Å². The summed E-state index contributed by atoms with van der Waals surface area (Å²) in [6.45, 7) is 8.02. The van der Waals surface area contributed by atoms with Gasteiger partial charge in [0.1, 0.15) is 5.82 Å². The molecule has 0 aliphatic heterocycles. The second kappa shape index (κ2) is 6.02. The highest BCUT2D eigenvalue weighted by Gasteiger charge is 2.17. The predicted molar refractivity (Wildman–Crippen MR) is 84.1 cm³/mol. The molecular formula is C16H25N5. The van der Waals surface area contributed by atoms with Crippen LogP contribution in [0.5, 0.6) is 0 Å². The Hall–Kier alpha value is -1.62. The summed E-state index contributed by atoms with van der Waals surface area (Å²) in [6.07, 6.45) is 7.25. The molecule has 21 heavy (non-hydrogen) atoms. The van der Waals surface area contributed by atoms with E-state index in [1.807, 2.05) is 10.9 Å². The molecule has 0 aromatic carbocycles. The molecule has 5 nitrogen and oxygen atoms in total. The first-order valence-electron chi connectivity index (χ1n) is 8.00. The zero-order chi connectivity index (χ0) is 14.8. The Balaban J connectivity index is 1.73. The number of aromatic nitrogens is 4. The lowest BCUT2D eigenvalue weighted by molar-refractivity contribution is 0.515. The van der Waals surface area contributed by atoms with Crippen LogP contribution in [0.3, 0.4) is 0 Å². The normalized spacial score (nSPS) is 16.0. The third kappa shape index (κ3) is 2.88. The number of aryl methyl sites for hydroxylation is 2. The molecule has 114 valence electrons. The van der Waals surface area contributed by atoms with E-state index in [2.05, 4.69) is 41.2 Å². The zero-order valence-corrected chi connectivity index (χ0v) is 13.2. The minimum absolute atomic E-state index is 0.671. The first kappa shape index (κ1) is 14.3. The Labute approximate surface area is 126 Å². The minimum Gasteiger partial charge on any atom is -0.341 e. The molecule has 3 rings (SSSR count). The van der Waals surface area contributed by atoms with E-state index in [0.717, 1.165) is 30.3 Å². The van der Waals surface area contributed by atoms with Crippen molar-refractivity contribution in [2.75, 3.05) is 0 Å². The van der Waals surface area contributed by atoms with Crippen molar-refractivity contribution in [1.82, 2.24) is 25.1 Å². The molecule has 0 spiro atoms. The summed E-state index contributed by atoms with van der Waals surface area (Å²) in [5, 5.41) is 8.17. The molecule has 2 heterocycles. The Morgan fingerprint density at radius 2 is 2.10 bits per heavy atom. The van der Waals surface area contributed by atoms with Gasteiger partial charge < -0.3 is 10.3 Å². The van der Waals surface area contributed by atoms with Crippen molar-refractivity contribution in [1.29, 1.82) is 0 Å². The van der Waals surface area contributed by atoms with Crippen molar-refractivity contribution in [2.24, 2.45) is 0 Å². The highest BCUT2D eigenvalue weighted by atomic mass is 15.3. The number of nitrogens with one attached hydrogen (secondary N) is 2. The van der Waals surface area contributed by atoms with Gasteiger partial charge in [-0.3, -0.25) is 4.68 Å². The van der Waals surface area contributed by atoms with Crippen LogP contribution in [0.1, 0.15) is 49.8 Å². The third-order valence-electron chi connectivity index (χ3n) is 4.49. The van der Waals surface area contributed by atoms with Crippen molar-refractivity contribution < 1.29 is 0 Å². The molecule has 0 atom stereocenters. The summed E-state index contributed by atoms with van der Waals surface area (Å²) in [6, 6.07) is 0.671. The van der Waals surface area contributed by atoms with Crippen LogP contribution in [0, 0.1) is 13.8 Å². The fourth-order valence-electron chi connectivity index (χ4n) is 3.34. The topological polar surface area (TPSA) is 58.5 Å². The summed E-state index contributed by atoms with van der Waals surface area (Å²) in [4.78, 5) is 7.96. The van der Waals surface area contributed by atoms with Crippen molar-refractivity contribution >= 4 is 0 Å². The Bertz CT molecular complexity index is 604. The number of aromatic amines is 1. The maximum Gasteiger partial charge on any atom is 0.120 e. The standard InChI is InChI=1S/C16H25N5/c1-4-21-12(3)16(11(2)20-21)14-9-18-15(19-14)10-17-13-7-5-6-8-13/h9,13,17H,4-8,10H2,1-3H3,(H,18,19). The minimum atomic E-state index is 0.671. The molecule has 1 aliphatic rings. The fraction of sp³-hybridized carbons (Fsp3) is 0.625. The molecule has 0 saturated heterocycles. The van der Waals surface area contributed by atoms with Gasteiger partial charge >= 0.3 is 0 Å². The van der Waals surface area contributed by atoms with E-state index < -0.39 is 0 Å². The van der Waals surface area contributed by atoms with Gasteiger partial charge in [-0.05, 0) is 33.6 Å². The van der Waals surface area contributed by atoms with E-state index in [-0.39, 0.29) is 0 Å². The lowest BCUT2D eigenvalue weighted by Crippen LogP contribution is -2.25. The largest absolute Gasteiger partial charge is 0.341 e. The van der Waals surface area contributed by atoms with Gasteiger partial charge in [0.25, 0.3) is 0 Å². The first-order valence-corrected chi connectivity index (χ1v) is 8.00. The van der Waals surface area contributed by atoms with E-state index in [4.69, 9.17) is 0 Å². The molecule has 0 bridgehead atoms. The maximum absolute atomic E-state index is 4.58. The van der Waals surface area contributed by atoms with Crippen LogP contribution >= 0.6 is 0 Å². The number of hydrogen-bond acceptors (Lipinski definition) is 3. The van der Waals surface area contributed by atoms with Gasteiger partial charge in [-0.1, -0.05) is 12.8 Å². The number of hydrogen-bond donors (Lipinski definition) is 2. The monoisotopic (exact) mass is 287 g/mol. The fourth-order valence-corrected chi connectivity index (χ4v) is 3.34. The van der Waals surface area contributed by atoms with Gasteiger partial charge in [0.05, 0.1) is 24.1 Å². The van der Waals surface area contributed by atoms with Gasteiger partial charge in [0, 0.05) is 23.8 Å². The Morgan fingerprint density at radius 3 is 2.76 bits per heavy atom. The summed E-state index contributed by atoms with van der Waals surface area (Å²) in [5.74, 6) is 1.01. The summed E-state index contributed by atoms with van der Waals surface area (Å²) in [5.41, 5.74) is 4.53. The molecule has 1 saturated carbocycles. The molecule has 2 aromatic heterocycles. The van der Waals surface area contributed by atoms with Crippen molar-refractivity contribution in [3.63, 3.8) is 0 Å². The average molecular weight is 287 g/mol. The van der Waals surface area contributed by atoms with Gasteiger partial charge in [0.15, 0.2) is 0 Å². The van der Waals surface area contributed by atoms with Gasteiger partial charge in [-0.15, -0.1) is 0 Å². The third-order valence-corrected chi connectivity index (χ3v) is 4.49. The zero-order valence-electron chi connectivity index (χ0n) is 13.2. The summed E-state index contributed by atoms with van der Waals surface area (Å²) < 4.78 is 2.04. The van der Waals surface area contributed by atoms with Crippen LogP contribution in [0.25, 0.3) is 11.3 Å². The van der Waals surface area contributed by atoms with Crippen LogP contribution in [0.15, 0.2) is 6.20 Å². The van der Waals surface area contributed by atoms with Gasteiger partial charge in [0.2, 0.25) is 0 Å². The SMILES string of the molecule is CCn1nc(C)c(-c2cnc(CNC3CCCC3)[nH]2)c1C. The van der Waals surface area contributed by atoms with E-state index in [9.17, 15) is 0 Å². The molecule has 2 aromatic rings. The quantitative estimate of drug-likeness (QED) is 0.889. The smallest absolute Gasteiger partial charge is 0.120 e. The lowest BCUT2D eigenvalue weighted by Gasteiger charge is -2.09.